The quantitative estimate of drug-likeness (QED) is 0.873. The van der Waals surface area contributed by atoms with Gasteiger partial charge in [-0.15, -0.1) is 0 Å². The molecule has 0 bridgehead atoms. The molecule has 2 rings (SSSR count). The van der Waals surface area contributed by atoms with E-state index in [4.69, 9.17) is 11.6 Å². The van der Waals surface area contributed by atoms with Crippen molar-refractivity contribution in [3.63, 3.8) is 0 Å². The van der Waals surface area contributed by atoms with Crippen LogP contribution < -0.4 is 5.32 Å². The third-order valence-electron chi connectivity index (χ3n) is 4.19. The van der Waals surface area contributed by atoms with Gasteiger partial charge in [-0.3, -0.25) is 0 Å². The molecule has 2 nitrogen and oxygen atoms in total. The molecule has 0 saturated carbocycles. The maximum atomic E-state index is 6.08. The van der Waals surface area contributed by atoms with E-state index in [2.05, 4.69) is 36.2 Å². The summed E-state index contributed by atoms with van der Waals surface area (Å²) in [5, 5.41) is 4.60. The first-order valence-electron chi connectivity index (χ1n) is 7.93. The molecule has 1 aliphatic rings. The van der Waals surface area contributed by atoms with Gasteiger partial charge in [-0.05, 0) is 69.9 Å². The lowest BCUT2D eigenvalue weighted by atomic mass is 10.0. The normalized spacial score (nSPS) is 22.4. The molecule has 1 aromatic rings. The number of nitrogens with zero attached hydrogens (tertiary/aromatic N) is 1. The van der Waals surface area contributed by atoms with Crippen LogP contribution in [0.4, 0.5) is 0 Å². The van der Waals surface area contributed by atoms with Gasteiger partial charge in [0.1, 0.15) is 0 Å². The molecule has 0 spiro atoms. The van der Waals surface area contributed by atoms with E-state index in [0.717, 1.165) is 5.02 Å². The van der Waals surface area contributed by atoms with Gasteiger partial charge < -0.3 is 10.2 Å². The Bertz CT molecular complexity index is 408. The fraction of sp³-hybridized carbons (Fsp3) is 0.647. The van der Waals surface area contributed by atoms with Crippen molar-refractivity contribution in [2.75, 3.05) is 19.6 Å². The van der Waals surface area contributed by atoms with Crippen molar-refractivity contribution in [1.29, 1.82) is 0 Å². The zero-order valence-corrected chi connectivity index (χ0v) is 13.5. The van der Waals surface area contributed by atoms with Crippen LogP contribution in [0, 0.1) is 0 Å². The summed E-state index contributed by atoms with van der Waals surface area (Å²) in [6.45, 7) is 8.24. The summed E-state index contributed by atoms with van der Waals surface area (Å²) in [4.78, 5) is 2.60. The molecular formula is C17H27ClN2. The third kappa shape index (κ3) is 4.76. The van der Waals surface area contributed by atoms with Crippen LogP contribution in [-0.4, -0.2) is 30.6 Å². The molecular weight excluding hydrogens is 268 g/mol. The van der Waals surface area contributed by atoms with Gasteiger partial charge in [-0.25, -0.2) is 0 Å². The van der Waals surface area contributed by atoms with Crippen molar-refractivity contribution in [3.05, 3.63) is 34.9 Å². The number of likely N-dealkylation sites (tertiary alicyclic amines) is 1. The van der Waals surface area contributed by atoms with Gasteiger partial charge in [0.15, 0.2) is 0 Å². The molecule has 0 amide bonds. The standard InChI is InChI=1S/C17H27ClN2/c1-3-10-20-11-5-8-17(9-12-20)19-14(2)15-6-4-7-16(18)13-15/h4,6-7,13-14,17,19H,3,5,8-12H2,1-2H3/t14-,17?/m1/s1. The van der Waals surface area contributed by atoms with E-state index in [9.17, 15) is 0 Å². The smallest absolute Gasteiger partial charge is 0.0409 e. The second kappa shape index (κ2) is 8.02. The van der Waals surface area contributed by atoms with Crippen molar-refractivity contribution in [3.8, 4) is 0 Å². The van der Waals surface area contributed by atoms with Gasteiger partial charge in [0.05, 0.1) is 0 Å². The summed E-state index contributed by atoms with van der Waals surface area (Å²) in [6, 6.07) is 9.20. The zero-order chi connectivity index (χ0) is 14.4. The van der Waals surface area contributed by atoms with E-state index in [0.29, 0.717) is 12.1 Å². The van der Waals surface area contributed by atoms with Crippen molar-refractivity contribution < 1.29 is 0 Å². The predicted octanol–water partition coefficient (Wildman–Crippen LogP) is 4.26. The molecule has 1 N–H and O–H groups in total. The van der Waals surface area contributed by atoms with Gasteiger partial charge in [-0.1, -0.05) is 30.7 Å². The zero-order valence-electron chi connectivity index (χ0n) is 12.7. The lowest BCUT2D eigenvalue weighted by Gasteiger charge is -2.23. The molecule has 0 aromatic heterocycles. The minimum atomic E-state index is 0.372. The SMILES string of the molecule is CCCN1CCCC(N[C@H](C)c2cccc(Cl)c2)CC1. The fourth-order valence-electron chi connectivity index (χ4n) is 3.09. The summed E-state index contributed by atoms with van der Waals surface area (Å²) in [6.07, 6.45) is 5.10. The monoisotopic (exact) mass is 294 g/mol. The number of nitrogens with one attached hydrogen (secondary N) is 1. The highest BCUT2D eigenvalue weighted by Crippen LogP contribution is 2.20. The minimum absolute atomic E-state index is 0.372. The van der Waals surface area contributed by atoms with E-state index in [-0.39, 0.29) is 0 Å². The third-order valence-corrected chi connectivity index (χ3v) is 4.43. The highest BCUT2D eigenvalue weighted by molar-refractivity contribution is 6.30. The molecule has 2 atom stereocenters. The van der Waals surface area contributed by atoms with Crippen molar-refractivity contribution in [2.45, 2.75) is 51.6 Å². The molecule has 1 heterocycles. The molecule has 0 radical (unpaired) electrons. The lowest BCUT2D eigenvalue weighted by Crippen LogP contribution is -2.33. The number of halogens is 1. The molecule has 0 aliphatic carbocycles. The van der Waals surface area contributed by atoms with Crippen LogP contribution in [0.5, 0.6) is 0 Å². The molecule has 1 aliphatic heterocycles. The molecule has 1 fully saturated rings. The Morgan fingerprint density at radius 1 is 1.35 bits per heavy atom. The van der Waals surface area contributed by atoms with E-state index >= 15 is 0 Å². The first-order valence-corrected chi connectivity index (χ1v) is 8.30. The van der Waals surface area contributed by atoms with Gasteiger partial charge in [0.2, 0.25) is 0 Å². The van der Waals surface area contributed by atoms with Crippen LogP contribution in [0.3, 0.4) is 0 Å². The highest BCUT2D eigenvalue weighted by Gasteiger charge is 2.18. The van der Waals surface area contributed by atoms with Crippen molar-refractivity contribution in [2.24, 2.45) is 0 Å². The molecule has 1 unspecified atom stereocenters. The fourth-order valence-corrected chi connectivity index (χ4v) is 3.29. The van der Waals surface area contributed by atoms with Gasteiger partial charge in [0.25, 0.3) is 0 Å². The van der Waals surface area contributed by atoms with E-state index in [1.165, 1.54) is 50.9 Å². The van der Waals surface area contributed by atoms with Crippen LogP contribution in [-0.2, 0) is 0 Å². The highest BCUT2D eigenvalue weighted by atomic mass is 35.5. The molecule has 112 valence electrons. The lowest BCUT2D eigenvalue weighted by molar-refractivity contribution is 0.281. The minimum Gasteiger partial charge on any atom is -0.307 e. The number of rotatable bonds is 5. The van der Waals surface area contributed by atoms with Crippen LogP contribution in [0.1, 0.15) is 51.1 Å². The summed E-state index contributed by atoms with van der Waals surface area (Å²) in [5.74, 6) is 0. The summed E-state index contributed by atoms with van der Waals surface area (Å²) >= 11 is 6.08. The first kappa shape index (κ1) is 15.8. The molecule has 20 heavy (non-hydrogen) atoms. The van der Waals surface area contributed by atoms with Gasteiger partial charge in [-0.2, -0.15) is 0 Å². The Morgan fingerprint density at radius 2 is 2.20 bits per heavy atom. The van der Waals surface area contributed by atoms with E-state index < -0.39 is 0 Å². The summed E-state index contributed by atoms with van der Waals surface area (Å²) in [7, 11) is 0. The van der Waals surface area contributed by atoms with Crippen molar-refractivity contribution >= 4 is 11.6 Å². The van der Waals surface area contributed by atoms with Crippen LogP contribution in [0.2, 0.25) is 5.02 Å². The summed E-state index contributed by atoms with van der Waals surface area (Å²) < 4.78 is 0. The molecule has 1 aromatic carbocycles. The largest absolute Gasteiger partial charge is 0.307 e. The molecule has 1 saturated heterocycles. The predicted molar refractivity (Wildman–Crippen MR) is 87.4 cm³/mol. The second-order valence-electron chi connectivity index (χ2n) is 5.91. The number of hydrogen-bond acceptors (Lipinski definition) is 2. The van der Waals surface area contributed by atoms with Gasteiger partial charge in [0, 0.05) is 17.1 Å². The Balaban J connectivity index is 1.86. The maximum Gasteiger partial charge on any atom is 0.0409 e. The van der Waals surface area contributed by atoms with Crippen LogP contribution >= 0.6 is 11.6 Å². The maximum absolute atomic E-state index is 6.08. The average molecular weight is 295 g/mol. The Morgan fingerprint density at radius 3 is 2.95 bits per heavy atom. The van der Waals surface area contributed by atoms with Crippen LogP contribution in [0.25, 0.3) is 0 Å². The summed E-state index contributed by atoms with van der Waals surface area (Å²) in [5.41, 5.74) is 1.28. The van der Waals surface area contributed by atoms with Crippen molar-refractivity contribution in [1.82, 2.24) is 10.2 Å². The number of hydrogen-bond donors (Lipinski definition) is 1. The van der Waals surface area contributed by atoms with E-state index in [1.54, 1.807) is 0 Å². The molecule has 3 heteroatoms. The Labute approximate surface area is 128 Å². The number of benzene rings is 1. The Kier molecular flexibility index (Phi) is 6.34. The average Bonchev–Trinajstić information content (AvgIpc) is 2.65. The van der Waals surface area contributed by atoms with Gasteiger partial charge >= 0.3 is 0 Å². The Hall–Kier alpha value is -0.570. The second-order valence-corrected chi connectivity index (χ2v) is 6.35. The van der Waals surface area contributed by atoms with E-state index in [1.807, 2.05) is 12.1 Å². The topological polar surface area (TPSA) is 15.3 Å². The van der Waals surface area contributed by atoms with Crippen LogP contribution in [0.15, 0.2) is 24.3 Å². The first-order chi connectivity index (χ1) is 9.69.